The lowest BCUT2D eigenvalue weighted by Crippen LogP contribution is -2.21. The largest absolute Gasteiger partial charge is 0.495 e. The van der Waals surface area contributed by atoms with Gasteiger partial charge in [-0.2, -0.15) is 5.10 Å². The Morgan fingerprint density at radius 1 is 1.23 bits per heavy atom. The van der Waals surface area contributed by atoms with Crippen molar-refractivity contribution in [2.75, 3.05) is 19.5 Å². The molecule has 1 aromatic heterocycles. The Morgan fingerprint density at radius 2 is 1.96 bits per heavy atom. The number of nitrogens with one attached hydrogen (secondary N) is 2. The molecule has 0 unspecified atom stereocenters. The van der Waals surface area contributed by atoms with Gasteiger partial charge in [-0.3, -0.25) is 9.59 Å². The van der Waals surface area contributed by atoms with E-state index in [2.05, 4.69) is 15.8 Å². The maximum absolute atomic E-state index is 12.2. The first-order valence-electron chi connectivity index (χ1n) is 7.53. The van der Waals surface area contributed by atoms with Crippen molar-refractivity contribution in [2.24, 2.45) is 5.10 Å². The molecule has 8 nitrogen and oxygen atoms in total. The SMILES string of the molecule is COc1cc(NC(=O)C/C(C)=N/NC(=O)c2ccco2)c(OC)cc1Cl. The van der Waals surface area contributed by atoms with Crippen LogP contribution in [0.25, 0.3) is 0 Å². The summed E-state index contributed by atoms with van der Waals surface area (Å²) in [7, 11) is 2.93. The number of ether oxygens (including phenoxy) is 2. The molecule has 2 aromatic rings. The van der Waals surface area contributed by atoms with Crippen molar-refractivity contribution in [2.45, 2.75) is 13.3 Å². The molecular formula is C17H18ClN3O5. The number of hydrogen-bond acceptors (Lipinski definition) is 6. The molecule has 0 atom stereocenters. The zero-order valence-electron chi connectivity index (χ0n) is 14.5. The number of hydrogen-bond donors (Lipinski definition) is 2. The van der Waals surface area contributed by atoms with E-state index in [1.54, 1.807) is 25.1 Å². The second-order valence-corrected chi connectivity index (χ2v) is 5.58. The average molecular weight is 380 g/mol. The minimum atomic E-state index is -0.501. The van der Waals surface area contributed by atoms with E-state index < -0.39 is 5.91 Å². The molecule has 0 aliphatic heterocycles. The summed E-state index contributed by atoms with van der Waals surface area (Å²) in [6.45, 7) is 1.61. The van der Waals surface area contributed by atoms with E-state index in [4.69, 9.17) is 25.5 Å². The third-order valence-corrected chi connectivity index (χ3v) is 3.55. The lowest BCUT2D eigenvalue weighted by Gasteiger charge is -2.13. The highest BCUT2D eigenvalue weighted by molar-refractivity contribution is 6.32. The molecule has 0 bridgehead atoms. The Labute approximate surface area is 155 Å². The Kier molecular flexibility index (Phi) is 6.62. The van der Waals surface area contributed by atoms with Gasteiger partial charge in [-0.25, -0.2) is 5.43 Å². The van der Waals surface area contributed by atoms with Gasteiger partial charge in [0, 0.05) is 17.8 Å². The van der Waals surface area contributed by atoms with Crippen LogP contribution in [0.2, 0.25) is 5.02 Å². The quantitative estimate of drug-likeness (QED) is 0.568. The summed E-state index contributed by atoms with van der Waals surface area (Å²) in [6.07, 6.45) is 1.35. The maximum Gasteiger partial charge on any atom is 0.307 e. The van der Waals surface area contributed by atoms with Gasteiger partial charge >= 0.3 is 5.91 Å². The first-order valence-corrected chi connectivity index (χ1v) is 7.90. The molecule has 9 heteroatoms. The van der Waals surface area contributed by atoms with Gasteiger partial charge in [-0.15, -0.1) is 0 Å². The van der Waals surface area contributed by atoms with E-state index in [1.165, 1.54) is 26.5 Å². The summed E-state index contributed by atoms with van der Waals surface area (Å²) in [5, 5.41) is 6.93. The molecule has 2 rings (SSSR count). The molecule has 0 saturated heterocycles. The van der Waals surface area contributed by atoms with Crippen molar-refractivity contribution in [3.63, 3.8) is 0 Å². The van der Waals surface area contributed by atoms with Crippen LogP contribution in [-0.4, -0.2) is 31.7 Å². The number of rotatable bonds is 7. The number of amides is 2. The van der Waals surface area contributed by atoms with Gasteiger partial charge in [0.15, 0.2) is 5.76 Å². The van der Waals surface area contributed by atoms with Gasteiger partial charge in [0.1, 0.15) is 11.5 Å². The van der Waals surface area contributed by atoms with E-state index in [-0.39, 0.29) is 18.1 Å². The van der Waals surface area contributed by atoms with E-state index >= 15 is 0 Å². The molecule has 0 aliphatic rings. The van der Waals surface area contributed by atoms with Crippen LogP contribution in [-0.2, 0) is 4.79 Å². The topological polar surface area (TPSA) is 102 Å². The fourth-order valence-corrected chi connectivity index (χ4v) is 2.26. The van der Waals surface area contributed by atoms with Crippen LogP contribution in [0.1, 0.15) is 23.9 Å². The molecule has 138 valence electrons. The monoisotopic (exact) mass is 379 g/mol. The van der Waals surface area contributed by atoms with E-state index in [1.807, 2.05) is 0 Å². The highest BCUT2D eigenvalue weighted by atomic mass is 35.5. The summed E-state index contributed by atoms with van der Waals surface area (Å²) in [5.41, 5.74) is 3.13. The number of anilines is 1. The smallest absolute Gasteiger partial charge is 0.307 e. The standard InChI is InChI=1S/C17H18ClN3O5/c1-10(20-21-17(23)13-5-4-6-26-13)7-16(22)19-12-9-14(24-2)11(18)8-15(12)25-3/h4-6,8-9H,7H2,1-3H3,(H,19,22)(H,21,23)/b20-10+. The number of nitrogens with zero attached hydrogens (tertiary/aromatic N) is 1. The zero-order chi connectivity index (χ0) is 19.1. The predicted octanol–water partition coefficient (Wildman–Crippen LogP) is 3.08. The maximum atomic E-state index is 12.2. The lowest BCUT2D eigenvalue weighted by atomic mass is 10.2. The summed E-state index contributed by atoms with van der Waals surface area (Å²) < 4.78 is 15.3. The molecule has 0 radical (unpaired) electrons. The number of benzene rings is 1. The first kappa shape index (κ1) is 19.3. The van der Waals surface area contributed by atoms with Crippen molar-refractivity contribution >= 4 is 34.8 Å². The van der Waals surface area contributed by atoms with Crippen LogP contribution in [0.3, 0.4) is 0 Å². The third kappa shape index (κ3) is 5.00. The normalized spacial score (nSPS) is 11.0. The molecule has 2 amide bonds. The number of halogens is 1. The van der Waals surface area contributed by atoms with Crippen LogP contribution in [0, 0.1) is 0 Å². The summed E-state index contributed by atoms with van der Waals surface area (Å²) in [5.74, 6) is 0.0766. The number of furan rings is 1. The second-order valence-electron chi connectivity index (χ2n) is 5.18. The van der Waals surface area contributed by atoms with Gasteiger partial charge in [-0.05, 0) is 19.1 Å². The Bertz CT molecular complexity index is 818. The molecular weight excluding hydrogens is 362 g/mol. The molecule has 0 spiro atoms. The van der Waals surface area contributed by atoms with Crippen molar-refractivity contribution < 1.29 is 23.5 Å². The van der Waals surface area contributed by atoms with Crippen molar-refractivity contribution in [3.8, 4) is 11.5 Å². The summed E-state index contributed by atoms with van der Waals surface area (Å²) in [6, 6.07) is 6.20. The van der Waals surface area contributed by atoms with Gasteiger partial charge < -0.3 is 19.2 Å². The van der Waals surface area contributed by atoms with E-state index in [0.717, 1.165) is 0 Å². The molecule has 1 aromatic carbocycles. The molecule has 0 aliphatic carbocycles. The Morgan fingerprint density at radius 3 is 2.58 bits per heavy atom. The minimum Gasteiger partial charge on any atom is -0.495 e. The number of methoxy groups -OCH3 is 2. The highest BCUT2D eigenvalue weighted by Crippen LogP contribution is 2.35. The minimum absolute atomic E-state index is 0.0352. The van der Waals surface area contributed by atoms with Gasteiger partial charge in [0.2, 0.25) is 5.91 Å². The van der Waals surface area contributed by atoms with Crippen LogP contribution in [0.15, 0.2) is 40.0 Å². The van der Waals surface area contributed by atoms with Crippen LogP contribution in [0.5, 0.6) is 11.5 Å². The van der Waals surface area contributed by atoms with Crippen molar-refractivity contribution in [3.05, 3.63) is 41.3 Å². The van der Waals surface area contributed by atoms with Crippen LogP contribution in [0.4, 0.5) is 5.69 Å². The molecule has 2 N–H and O–H groups in total. The second kappa shape index (κ2) is 8.91. The summed E-state index contributed by atoms with van der Waals surface area (Å²) >= 11 is 6.03. The zero-order valence-corrected chi connectivity index (χ0v) is 15.2. The fourth-order valence-electron chi connectivity index (χ4n) is 2.03. The molecule has 26 heavy (non-hydrogen) atoms. The number of carbonyl (C=O) groups excluding carboxylic acids is 2. The Hall–Kier alpha value is -3.00. The summed E-state index contributed by atoms with van der Waals surface area (Å²) in [4.78, 5) is 23.9. The van der Waals surface area contributed by atoms with E-state index in [0.29, 0.717) is 27.9 Å². The van der Waals surface area contributed by atoms with Crippen LogP contribution >= 0.6 is 11.6 Å². The predicted molar refractivity (Wildman–Crippen MR) is 97.1 cm³/mol. The average Bonchev–Trinajstić information content (AvgIpc) is 3.15. The molecule has 0 saturated carbocycles. The number of carbonyl (C=O) groups is 2. The van der Waals surface area contributed by atoms with Gasteiger partial charge in [0.05, 0.1) is 37.6 Å². The molecule has 1 heterocycles. The first-order chi connectivity index (χ1) is 12.4. The van der Waals surface area contributed by atoms with Crippen molar-refractivity contribution in [1.29, 1.82) is 0 Å². The lowest BCUT2D eigenvalue weighted by molar-refractivity contribution is -0.115. The highest BCUT2D eigenvalue weighted by Gasteiger charge is 2.13. The number of hydrazone groups is 1. The Balaban J connectivity index is 1.99. The van der Waals surface area contributed by atoms with Gasteiger partial charge in [-0.1, -0.05) is 11.6 Å². The third-order valence-electron chi connectivity index (χ3n) is 3.26. The van der Waals surface area contributed by atoms with E-state index in [9.17, 15) is 9.59 Å². The molecule has 0 fully saturated rings. The van der Waals surface area contributed by atoms with Crippen LogP contribution < -0.4 is 20.2 Å². The van der Waals surface area contributed by atoms with Gasteiger partial charge in [0.25, 0.3) is 0 Å². The van der Waals surface area contributed by atoms with Crippen molar-refractivity contribution in [1.82, 2.24) is 5.43 Å². The fraction of sp³-hybridized carbons (Fsp3) is 0.235.